The van der Waals surface area contributed by atoms with Crippen molar-refractivity contribution in [2.45, 2.75) is 39.3 Å². The van der Waals surface area contributed by atoms with Crippen LogP contribution in [0.4, 0.5) is 0 Å². The first-order chi connectivity index (χ1) is 9.21. The molecule has 0 aromatic heterocycles. The zero-order valence-corrected chi connectivity index (χ0v) is 11.9. The lowest BCUT2D eigenvalue weighted by atomic mass is 10.2. The summed E-state index contributed by atoms with van der Waals surface area (Å²) < 4.78 is 10.7. The van der Waals surface area contributed by atoms with Gasteiger partial charge >= 0.3 is 5.97 Å². The van der Waals surface area contributed by atoms with Crippen LogP contribution in [0.2, 0.25) is 0 Å². The van der Waals surface area contributed by atoms with Gasteiger partial charge in [-0.1, -0.05) is 25.5 Å². The van der Waals surface area contributed by atoms with Crippen molar-refractivity contribution in [2.75, 3.05) is 13.7 Å². The van der Waals surface area contributed by atoms with Gasteiger partial charge in [0.05, 0.1) is 6.61 Å². The van der Waals surface area contributed by atoms with Gasteiger partial charge < -0.3 is 14.8 Å². The second-order valence-electron chi connectivity index (χ2n) is 4.32. The summed E-state index contributed by atoms with van der Waals surface area (Å²) in [5.41, 5.74) is 1.18. The fraction of sp³-hybridized carbons (Fsp3) is 0.533. The molecule has 0 amide bonds. The van der Waals surface area contributed by atoms with E-state index < -0.39 is 6.10 Å². The van der Waals surface area contributed by atoms with Crippen molar-refractivity contribution < 1.29 is 14.3 Å². The molecule has 106 valence electrons. The minimum atomic E-state index is -0.514. The second-order valence-corrected chi connectivity index (χ2v) is 4.32. The highest BCUT2D eigenvalue weighted by Crippen LogP contribution is 2.16. The van der Waals surface area contributed by atoms with Gasteiger partial charge in [-0.2, -0.15) is 0 Å². The maximum absolute atomic E-state index is 11.7. The van der Waals surface area contributed by atoms with Crippen molar-refractivity contribution in [3.05, 3.63) is 29.8 Å². The lowest BCUT2D eigenvalue weighted by molar-refractivity contribution is -0.151. The number of hydrogen-bond donors (Lipinski definition) is 1. The SMILES string of the molecule is CCCC(Oc1ccc(CNC)cc1)C(=O)OCC. The molecule has 4 heteroatoms. The van der Waals surface area contributed by atoms with Crippen molar-refractivity contribution in [3.8, 4) is 5.75 Å². The Kier molecular flexibility index (Phi) is 6.97. The Hall–Kier alpha value is -1.55. The minimum Gasteiger partial charge on any atom is -0.479 e. The number of ether oxygens (including phenoxy) is 2. The van der Waals surface area contributed by atoms with Gasteiger partial charge in [-0.25, -0.2) is 4.79 Å². The van der Waals surface area contributed by atoms with Gasteiger partial charge in [0.1, 0.15) is 5.75 Å². The standard InChI is InChI=1S/C15H23NO3/c1-4-6-14(15(17)18-5-2)19-13-9-7-12(8-10-13)11-16-3/h7-10,14,16H,4-6,11H2,1-3H3. The van der Waals surface area contributed by atoms with Gasteiger partial charge in [0, 0.05) is 6.54 Å². The predicted octanol–water partition coefficient (Wildman–Crippen LogP) is 2.52. The Bertz CT molecular complexity index is 375. The van der Waals surface area contributed by atoms with E-state index in [0.29, 0.717) is 18.8 Å². The quantitative estimate of drug-likeness (QED) is 0.734. The fourth-order valence-electron chi connectivity index (χ4n) is 1.78. The molecule has 1 aromatic rings. The Morgan fingerprint density at radius 2 is 1.95 bits per heavy atom. The molecule has 4 nitrogen and oxygen atoms in total. The molecule has 0 aliphatic carbocycles. The van der Waals surface area contributed by atoms with Crippen LogP contribution in [0.3, 0.4) is 0 Å². The van der Waals surface area contributed by atoms with Crippen molar-refractivity contribution in [1.82, 2.24) is 5.32 Å². The molecule has 0 saturated heterocycles. The number of carbonyl (C=O) groups excluding carboxylic acids is 1. The van der Waals surface area contributed by atoms with E-state index >= 15 is 0 Å². The summed E-state index contributed by atoms with van der Waals surface area (Å²) in [6.45, 7) is 5.01. The normalized spacial score (nSPS) is 11.9. The summed E-state index contributed by atoms with van der Waals surface area (Å²) in [6.07, 6.45) is 1.03. The Labute approximate surface area is 115 Å². The van der Waals surface area contributed by atoms with Crippen LogP contribution in [0, 0.1) is 0 Å². The molecule has 19 heavy (non-hydrogen) atoms. The molecule has 0 fully saturated rings. The Morgan fingerprint density at radius 1 is 1.26 bits per heavy atom. The average Bonchev–Trinajstić information content (AvgIpc) is 2.41. The van der Waals surface area contributed by atoms with Crippen LogP contribution in [-0.4, -0.2) is 25.7 Å². The summed E-state index contributed by atoms with van der Waals surface area (Å²) in [5.74, 6) is 0.412. The molecule has 1 aromatic carbocycles. The number of carbonyl (C=O) groups is 1. The first-order valence-electron chi connectivity index (χ1n) is 6.78. The van der Waals surface area contributed by atoms with Gasteiger partial charge in [-0.05, 0) is 38.1 Å². The monoisotopic (exact) mass is 265 g/mol. The van der Waals surface area contributed by atoms with E-state index in [0.717, 1.165) is 13.0 Å². The first kappa shape index (κ1) is 15.5. The van der Waals surface area contributed by atoms with Crippen molar-refractivity contribution in [3.63, 3.8) is 0 Å². The van der Waals surface area contributed by atoms with Gasteiger partial charge in [0.2, 0.25) is 0 Å². The topological polar surface area (TPSA) is 47.6 Å². The highest BCUT2D eigenvalue weighted by Gasteiger charge is 2.20. The predicted molar refractivity (Wildman–Crippen MR) is 75.2 cm³/mol. The summed E-state index contributed by atoms with van der Waals surface area (Å²) in [6, 6.07) is 7.74. The van der Waals surface area contributed by atoms with Crippen molar-refractivity contribution >= 4 is 5.97 Å². The summed E-state index contributed by atoms with van der Waals surface area (Å²) in [7, 11) is 1.91. The van der Waals surface area contributed by atoms with E-state index in [1.54, 1.807) is 6.92 Å². The molecule has 0 spiro atoms. The van der Waals surface area contributed by atoms with Crippen LogP contribution in [0.25, 0.3) is 0 Å². The number of esters is 1. The van der Waals surface area contributed by atoms with Crippen LogP contribution in [0.1, 0.15) is 32.3 Å². The van der Waals surface area contributed by atoms with Crippen LogP contribution in [0.15, 0.2) is 24.3 Å². The number of nitrogens with one attached hydrogen (secondary N) is 1. The maximum Gasteiger partial charge on any atom is 0.347 e. The van der Waals surface area contributed by atoms with Gasteiger partial charge in [-0.15, -0.1) is 0 Å². The molecule has 1 rings (SSSR count). The third-order valence-corrected chi connectivity index (χ3v) is 2.68. The van der Waals surface area contributed by atoms with Gasteiger partial charge in [-0.3, -0.25) is 0 Å². The van der Waals surface area contributed by atoms with E-state index in [-0.39, 0.29) is 5.97 Å². The number of hydrogen-bond acceptors (Lipinski definition) is 4. The Balaban J connectivity index is 2.64. The summed E-state index contributed by atoms with van der Waals surface area (Å²) >= 11 is 0. The molecule has 0 bridgehead atoms. The smallest absolute Gasteiger partial charge is 0.347 e. The first-order valence-corrected chi connectivity index (χ1v) is 6.78. The van der Waals surface area contributed by atoms with Gasteiger partial charge in [0.15, 0.2) is 6.10 Å². The molecule has 0 heterocycles. The van der Waals surface area contributed by atoms with Crippen LogP contribution in [-0.2, 0) is 16.1 Å². The molecule has 1 unspecified atom stereocenters. The molecular formula is C15H23NO3. The molecule has 0 aliphatic heterocycles. The van der Waals surface area contributed by atoms with Crippen LogP contribution < -0.4 is 10.1 Å². The highest BCUT2D eigenvalue weighted by molar-refractivity contribution is 5.75. The lowest BCUT2D eigenvalue weighted by Crippen LogP contribution is -2.29. The molecular weight excluding hydrogens is 242 g/mol. The van der Waals surface area contributed by atoms with E-state index in [1.165, 1.54) is 5.56 Å². The summed E-state index contributed by atoms with van der Waals surface area (Å²) in [5, 5.41) is 3.08. The second kappa shape index (κ2) is 8.53. The highest BCUT2D eigenvalue weighted by atomic mass is 16.6. The van der Waals surface area contributed by atoms with Crippen LogP contribution >= 0.6 is 0 Å². The summed E-state index contributed by atoms with van der Waals surface area (Å²) in [4.78, 5) is 11.7. The van der Waals surface area contributed by atoms with E-state index in [2.05, 4.69) is 5.32 Å². The lowest BCUT2D eigenvalue weighted by Gasteiger charge is -2.17. The zero-order valence-electron chi connectivity index (χ0n) is 11.9. The Morgan fingerprint density at radius 3 is 2.47 bits per heavy atom. The molecule has 0 radical (unpaired) electrons. The third-order valence-electron chi connectivity index (χ3n) is 2.68. The number of benzene rings is 1. The van der Waals surface area contributed by atoms with Crippen molar-refractivity contribution in [2.24, 2.45) is 0 Å². The van der Waals surface area contributed by atoms with Crippen LogP contribution in [0.5, 0.6) is 5.75 Å². The van der Waals surface area contributed by atoms with Crippen molar-refractivity contribution in [1.29, 1.82) is 0 Å². The average molecular weight is 265 g/mol. The third kappa shape index (κ3) is 5.30. The van der Waals surface area contributed by atoms with Gasteiger partial charge in [0.25, 0.3) is 0 Å². The maximum atomic E-state index is 11.7. The largest absolute Gasteiger partial charge is 0.479 e. The zero-order chi connectivity index (χ0) is 14.1. The van der Waals surface area contributed by atoms with E-state index in [4.69, 9.17) is 9.47 Å². The fourth-order valence-corrected chi connectivity index (χ4v) is 1.78. The number of rotatable bonds is 8. The van der Waals surface area contributed by atoms with E-state index in [9.17, 15) is 4.79 Å². The molecule has 0 saturated carbocycles. The molecule has 1 N–H and O–H groups in total. The molecule has 1 atom stereocenters. The van der Waals surface area contributed by atoms with E-state index in [1.807, 2.05) is 38.2 Å². The minimum absolute atomic E-state index is 0.288. The molecule has 0 aliphatic rings.